The molecule has 0 unspecified atom stereocenters. The average Bonchev–Trinajstić information content (AvgIpc) is 2.56. The van der Waals surface area contributed by atoms with Crippen LogP contribution in [0, 0.1) is 0 Å². The number of para-hydroxylation sites is 1. The van der Waals surface area contributed by atoms with Crippen molar-refractivity contribution in [2.24, 2.45) is 0 Å². The quantitative estimate of drug-likeness (QED) is 0.614. The second-order valence-corrected chi connectivity index (χ2v) is 3.76. The summed E-state index contributed by atoms with van der Waals surface area (Å²) >= 11 is 3.29. The van der Waals surface area contributed by atoms with Crippen molar-refractivity contribution >= 4 is 38.1 Å². The van der Waals surface area contributed by atoms with E-state index in [0.29, 0.717) is 5.71 Å². The molecule has 0 spiro atoms. The highest BCUT2D eigenvalue weighted by Crippen LogP contribution is 2.26. The lowest BCUT2D eigenvalue weighted by atomic mass is 10.2. The van der Waals surface area contributed by atoms with Gasteiger partial charge in [-0.25, -0.2) is 9.97 Å². The maximum absolute atomic E-state index is 5.51. The summed E-state index contributed by atoms with van der Waals surface area (Å²) in [4.78, 5) is 8.47. The van der Waals surface area contributed by atoms with Gasteiger partial charge in [-0.05, 0) is 28.1 Å². The average molecular weight is 249 g/mol. The summed E-state index contributed by atoms with van der Waals surface area (Å²) in [5, 5.41) is 0.997. The van der Waals surface area contributed by atoms with Gasteiger partial charge in [0, 0.05) is 5.39 Å². The topological polar surface area (TPSA) is 38.9 Å². The van der Waals surface area contributed by atoms with Crippen LogP contribution in [0.3, 0.4) is 0 Å². The smallest absolute Gasteiger partial charge is 0.246 e. The maximum atomic E-state index is 5.51. The monoisotopic (exact) mass is 248 g/mol. The van der Waals surface area contributed by atoms with Crippen molar-refractivity contribution in [2.45, 2.75) is 0 Å². The summed E-state index contributed by atoms with van der Waals surface area (Å²) in [6.45, 7) is 0. The Morgan fingerprint density at radius 2 is 2.07 bits per heavy atom. The normalized spacial score (nSPS) is 11.2. The van der Waals surface area contributed by atoms with Crippen LogP contribution in [0.4, 0.5) is 0 Å². The molecule has 0 aliphatic rings. The molecule has 0 aliphatic carbocycles. The number of hydrogen-bond donors (Lipinski definition) is 0. The van der Waals surface area contributed by atoms with Gasteiger partial charge in [0.05, 0.1) is 6.20 Å². The standard InChI is InChI=1S/C10H5BrN2O/c11-8-5-12-10-9(13-8)6-3-1-2-4-7(6)14-10/h1-5H. The van der Waals surface area contributed by atoms with Crippen LogP contribution in [0.25, 0.3) is 22.2 Å². The Hall–Kier alpha value is -1.42. The van der Waals surface area contributed by atoms with E-state index in [1.807, 2.05) is 24.3 Å². The molecule has 3 rings (SSSR count). The molecule has 0 radical (unpaired) electrons. The Bertz CT molecular complexity index is 618. The lowest BCUT2D eigenvalue weighted by Crippen LogP contribution is -1.79. The van der Waals surface area contributed by atoms with Gasteiger partial charge in [-0.3, -0.25) is 0 Å². The van der Waals surface area contributed by atoms with Gasteiger partial charge >= 0.3 is 0 Å². The lowest BCUT2D eigenvalue weighted by Gasteiger charge is -1.88. The third-order valence-corrected chi connectivity index (χ3v) is 2.44. The van der Waals surface area contributed by atoms with Gasteiger partial charge in [0.2, 0.25) is 5.71 Å². The van der Waals surface area contributed by atoms with Crippen LogP contribution in [-0.4, -0.2) is 9.97 Å². The Kier molecular flexibility index (Phi) is 1.58. The maximum Gasteiger partial charge on any atom is 0.246 e. The van der Waals surface area contributed by atoms with Gasteiger partial charge in [-0.1, -0.05) is 12.1 Å². The molecule has 2 heterocycles. The molecule has 0 aliphatic heterocycles. The van der Waals surface area contributed by atoms with E-state index in [4.69, 9.17) is 4.42 Å². The molecule has 14 heavy (non-hydrogen) atoms. The number of rotatable bonds is 0. The van der Waals surface area contributed by atoms with Crippen LogP contribution in [0.1, 0.15) is 0 Å². The zero-order chi connectivity index (χ0) is 9.54. The zero-order valence-electron chi connectivity index (χ0n) is 7.07. The van der Waals surface area contributed by atoms with Crippen LogP contribution >= 0.6 is 15.9 Å². The third-order valence-electron chi connectivity index (χ3n) is 2.06. The van der Waals surface area contributed by atoms with Crippen molar-refractivity contribution in [3.05, 3.63) is 35.1 Å². The minimum Gasteiger partial charge on any atom is -0.436 e. The first kappa shape index (κ1) is 7.94. The molecule has 4 heteroatoms. The predicted octanol–water partition coefficient (Wildman–Crippen LogP) is 3.14. The van der Waals surface area contributed by atoms with Crippen molar-refractivity contribution < 1.29 is 4.42 Å². The highest BCUT2D eigenvalue weighted by molar-refractivity contribution is 9.10. The SMILES string of the molecule is Brc1cnc2oc3ccccc3c2n1. The van der Waals surface area contributed by atoms with Crippen LogP contribution in [0.15, 0.2) is 39.5 Å². The van der Waals surface area contributed by atoms with Gasteiger partial charge in [0.25, 0.3) is 0 Å². The van der Waals surface area contributed by atoms with Crippen LogP contribution in [-0.2, 0) is 0 Å². The fraction of sp³-hybridized carbons (Fsp3) is 0. The zero-order valence-corrected chi connectivity index (χ0v) is 8.65. The van der Waals surface area contributed by atoms with Crippen LogP contribution in [0.2, 0.25) is 0 Å². The Balaban J connectivity index is 2.58. The summed E-state index contributed by atoms with van der Waals surface area (Å²) in [5.41, 5.74) is 2.20. The molecule has 0 saturated heterocycles. The molecule has 0 amide bonds. The van der Waals surface area contributed by atoms with E-state index >= 15 is 0 Å². The van der Waals surface area contributed by atoms with Gasteiger partial charge in [-0.2, -0.15) is 0 Å². The number of hydrogen-bond acceptors (Lipinski definition) is 3. The van der Waals surface area contributed by atoms with Gasteiger partial charge in [0.15, 0.2) is 0 Å². The fourth-order valence-electron chi connectivity index (χ4n) is 1.46. The summed E-state index contributed by atoms with van der Waals surface area (Å²) in [5.74, 6) is 0. The molecule has 0 N–H and O–H groups in total. The van der Waals surface area contributed by atoms with Crippen molar-refractivity contribution in [3.63, 3.8) is 0 Å². The number of benzene rings is 1. The molecule has 0 bridgehead atoms. The second kappa shape index (κ2) is 2.78. The lowest BCUT2D eigenvalue weighted by molar-refractivity contribution is 0.652. The molecule has 1 aromatic carbocycles. The Labute approximate surface area is 87.9 Å². The van der Waals surface area contributed by atoms with E-state index < -0.39 is 0 Å². The molecule has 0 atom stereocenters. The molecule has 68 valence electrons. The first-order valence-electron chi connectivity index (χ1n) is 4.14. The van der Waals surface area contributed by atoms with Crippen molar-refractivity contribution in [1.82, 2.24) is 9.97 Å². The van der Waals surface area contributed by atoms with E-state index in [-0.39, 0.29) is 0 Å². The molecule has 2 aromatic heterocycles. The Morgan fingerprint density at radius 3 is 3.00 bits per heavy atom. The summed E-state index contributed by atoms with van der Waals surface area (Å²) in [6.07, 6.45) is 1.63. The van der Waals surface area contributed by atoms with E-state index in [0.717, 1.165) is 21.1 Å². The summed E-state index contributed by atoms with van der Waals surface area (Å²) in [7, 11) is 0. The van der Waals surface area contributed by atoms with Crippen molar-refractivity contribution in [1.29, 1.82) is 0 Å². The minimum atomic E-state index is 0.578. The highest BCUT2D eigenvalue weighted by atomic mass is 79.9. The largest absolute Gasteiger partial charge is 0.436 e. The molecular weight excluding hydrogens is 244 g/mol. The van der Waals surface area contributed by atoms with E-state index in [1.165, 1.54) is 0 Å². The molecule has 3 aromatic rings. The minimum absolute atomic E-state index is 0.578. The number of fused-ring (bicyclic) bond motifs is 3. The molecular formula is C10H5BrN2O. The Morgan fingerprint density at radius 1 is 1.21 bits per heavy atom. The fourth-order valence-corrected chi connectivity index (χ4v) is 1.74. The van der Waals surface area contributed by atoms with Crippen LogP contribution < -0.4 is 0 Å². The van der Waals surface area contributed by atoms with Crippen molar-refractivity contribution in [2.75, 3.05) is 0 Å². The predicted molar refractivity (Wildman–Crippen MR) is 57.0 cm³/mol. The van der Waals surface area contributed by atoms with Gasteiger partial charge in [0.1, 0.15) is 15.7 Å². The van der Waals surface area contributed by atoms with Crippen molar-refractivity contribution in [3.8, 4) is 0 Å². The third kappa shape index (κ3) is 1.04. The van der Waals surface area contributed by atoms with E-state index in [1.54, 1.807) is 6.20 Å². The highest BCUT2D eigenvalue weighted by Gasteiger charge is 2.08. The van der Waals surface area contributed by atoms with E-state index in [9.17, 15) is 0 Å². The molecule has 0 fully saturated rings. The van der Waals surface area contributed by atoms with Gasteiger partial charge in [-0.15, -0.1) is 0 Å². The number of halogens is 1. The van der Waals surface area contributed by atoms with Gasteiger partial charge < -0.3 is 4.42 Å². The van der Waals surface area contributed by atoms with E-state index in [2.05, 4.69) is 25.9 Å². The number of aromatic nitrogens is 2. The van der Waals surface area contributed by atoms with Crippen LogP contribution in [0.5, 0.6) is 0 Å². The number of nitrogens with zero attached hydrogens (tertiary/aromatic N) is 2. The second-order valence-electron chi connectivity index (χ2n) is 2.94. The molecule has 0 saturated carbocycles. The molecule has 3 nitrogen and oxygen atoms in total. The summed E-state index contributed by atoms with van der Waals surface area (Å²) < 4.78 is 6.23. The first-order valence-corrected chi connectivity index (χ1v) is 4.94. The summed E-state index contributed by atoms with van der Waals surface area (Å²) in [6, 6.07) is 7.77. The first-order chi connectivity index (χ1) is 6.84. The number of furan rings is 1.